The Morgan fingerprint density at radius 2 is 2.05 bits per heavy atom. The van der Waals surface area contributed by atoms with Crippen LogP contribution in [0.5, 0.6) is 5.75 Å². The van der Waals surface area contributed by atoms with Crippen molar-refractivity contribution in [2.75, 3.05) is 5.73 Å². The van der Waals surface area contributed by atoms with Crippen LogP contribution in [0.4, 0.5) is 5.82 Å². The number of benzene rings is 1. The molecule has 2 rings (SSSR count). The van der Waals surface area contributed by atoms with Gasteiger partial charge in [0.2, 0.25) is 0 Å². The van der Waals surface area contributed by atoms with Gasteiger partial charge in [-0.3, -0.25) is 4.68 Å². The number of carbonyl (C=O) groups is 1. The molecule has 0 aliphatic heterocycles. The molecule has 2 aromatic rings. The van der Waals surface area contributed by atoms with Crippen molar-refractivity contribution in [1.29, 1.82) is 0 Å². The van der Waals surface area contributed by atoms with Crippen LogP contribution in [0.25, 0.3) is 0 Å². The maximum Gasteiger partial charge on any atom is 0.362 e. The Kier molecular flexibility index (Phi) is 3.55. The molecular weight excluding hydrogens is 242 g/mol. The fourth-order valence-electron chi connectivity index (χ4n) is 1.78. The summed E-state index contributed by atoms with van der Waals surface area (Å²) in [6, 6.07) is 8.92. The molecule has 1 heterocycles. The lowest BCUT2D eigenvalue weighted by molar-refractivity contribution is 0.0718. The average Bonchev–Trinajstić information content (AvgIpc) is 2.74. The first-order valence-corrected chi connectivity index (χ1v) is 6.12. The van der Waals surface area contributed by atoms with E-state index in [1.165, 1.54) is 6.07 Å². The number of ether oxygens (including phenoxy) is 1. The third kappa shape index (κ3) is 2.76. The van der Waals surface area contributed by atoms with Gasteiger partial charge in [0.15, 0.2) is 0 Å². The van der Waals surface area contributed by atoms with E-state index in [1.54, 1.807) is 10.7 Å². The minimum Gasteiger partial charge on any atom is -0.422 e. The molecule has 0 atom stereocenters. The summed E-state index contributed by atoms with van der Waals surface area (Å²) < 4.78 is 6.95. The monoisotopic (exact) mass is 259 g/mol. The minimum absolute atomic E-state index is 0.0386. The molecule has 5 heteroatoms. The molecule has 0 aliphatic rings. The molecule has 0 radical (unpaired) electrons. The van der Waals surface area contributed by atoms with Gasteiger partial charge in [-0.15, -0.1) is 0 Å². The van der Waals surface area contributed by atoms with Crippen LogP contribution in [-0.4, -0.2) is 15.7 Å². The van der Waals surface area contributed by atoms with Crippen molar-refractivity contribution in [1.82, 2.24) is 9.78 Å². The van der Waals surface area contributed by atoms with Gasteiger partial charge in [-0.1, -0.05) is 18.2 Å². The van der Waals surface area contributed by atoms with E-state index in [1.807, 2.05) is 39.0 Å². The molecule has 2 N–H and O–H groups in total. The van der Waals surface area contributed by atoms with Gasteiger partial charge in [0.1, 0.15) is 17.3 Å². The number of anilines is 1. The van der Waals surface area contributed by atoms with Crippen molar-refractivity contribution >= 4 is 11.8 Å². The first kappa shape index (κ1) is 13.1. The molecule has 0 unspecified atom stereocenters. The number of hydrogen-bond donors (Lipinski definition) is 1. The van der Waals surface area contributed by atoms with Gasteiger partial charge in [-0.05, 0) is 32.4 Å². The highest BCUT2D eigenvalue weighted by molar-refractivity contribution is 5.90. The van der Waals surface area contributed by atoms with Crippen LogP contribution in [0.1, 0.15) is 35.9 Å². The lowest BCUT2D eigenvalue weighted by Gasteiger charge is -2.11. The molecule has 0 bridgehead atoms. The first-order valence-electron chi connectivity index (χ1n) is 6.12. The van der Waals surface area contributed by atoms with Crippen molar-refractivity contribution in [3.8, 4) is 5.75 Å². The van der Waals surface area contributed by atoms with E-state index in [-0.39, 0.29) is 6.04 Å². The zero-order chi connectivity index (χ0) is 14.0. The van der Waals surface area contributed by atoms with E-state index in [0.29, 0.717) is 17.3 Å². The molecule has 0 aliphatic carbocycles. The molecule has 0 spiro atoms. The minimum atomic E-state index is -0.452. The van der Waals surface area contributed by atoms with Crippen molar-refractivity contribution < 1.29 is 9.53 Å². The smallest absolute Gasteiger partial charge is 0.362 e. The van der Waals surface area contributed by atoms with Crippen molar-refractivity contribution in [2.45, 2.75) is 26.8 Å². The second-order valence-corrected chi connectivity index (χ2v) is 4.65. The predicted molar refractivity (Wildman–Crippen MR) is 73.2 cm³/mol. The number of hydrogen-bond acceptors (Lipinski definition) is 4. The van der Waals surface area contributed by atoms with Gasteiger partial charge in [-0.2, -0.15) is 5.10 Å². The lowest BCUT2D eigenvalue weighted by Crippen LogP contribution is -2.17. The van der Waals surface area contributed by atoms with Crippen molar-refractivity contribution in [3.05, 3.63) is 41.6 Å². The Hall–Kier alpha value is -2.30. The summed E-state index contributed by atoms with van der Waals surface area (Å²) in [5, 5.41) is 4.09. The number of nitrogens with zero attached hydrogens (tertiary/aromatic N) is 2. The van der Waals surface area contributed by atoms with Crippen molar-refractivity contribution in [3.63, 3.8) is 0 Å². The highest BCUT2D eigenvalue weighted by Crippen LogP contribution is 2.19. The summed E-state index contributed by atoms with van der Waals surface area (Å²) in [4.78, 5) is 12.2. The van der Waals surface area contributed by atoms with E-state index in [0.717, 1.165) is 5.56 Å². The summed E-state index contributed by atoms with van der Waals surface area (Å²) in [6.07, 6.45) is 0. The Labute approximate surface area is 112 Å². The predicted octanol–water partition coefficient (Wildman–Crippen LogP) is 2.57. The highest BCUT2D eigenvalue weighted by atomic mass is 16.5. The normalized spacial score (nSPS) is 10.7. The molecule has 0 saturated heterocycles. The lowest BCUT2D eigenvalue weighted by atomic mass is 10.2. The topological polar surface area (TPSA) is 70.1 Å². The molecule has 0 amide bonds. The van der Waals surface area contributed by atoms with Crippen LogP contribution in [0, 0.1) is 6.92 Å². The molecule has 0 fully saturated rings. The number of rotatable bonds is 3. The summed E-state index contributed by atoms with van der Waals surface area (Å²) in [6.45, 7) is 5.74. The summed E-state index contributed by atoms with van der Waals surface area (Å²) in [7, 11) is 0. The van der Waals surface area contributed by atoms with Crippen LogP contribution in [0.2, 0.25) is 0 Å². The third-order valence-electron chi connectivity index (χ3n) is 2.75. The van der Waals surface area contributed by atoms with Gasteiger partial charge < -0.3 is 10.5 Å². The van der Waals surface area contributed by atoms with Gasteiger partial charge in [0, 0.05) is 12.1 Å². The molecular formula is C14H17N3O2. The zero-order valence-electron chi connectivity index (χ0n) is 11.3. The average molecular weight is 259 g/mol. The number of carbonyl (C=O) groups excluding carboxylic acids is 1. The van der Waals surface area contributed by atoms with Gasteiger partial charge in [0.25, 0.3) is 0 Å². The maximum absolute atomic E-state index is 12.2. The maximum atomic E-state index is 12.2. The number of para-hydroxylation sites is 1. The van der Waals surface area contributed by atoms with E-state index >= 15 is 0 Å². The van der Waals surface area contributed by atoms with Crippen LogP contribution in [-0.2, 0) is 0 Å². The largest absolute Gasteiger partial charge is 0.422 e. The second-order valence-electron chi connectivity index (χ2n) is 4.65. The Balaban J connectivity index is 2.28. The molecule has 1 aromatic heterocycles. The quantitative estimate of drug-likeness (QED) is 0.679. The standard InChI is InChI=1S/C14H17N3O2/c1-9(2)17-11(8-13(15)16-17)14(18)19-12-7-5-4-6-10(12)3/h4-9H,1-3H3,(H2,15,16). The van der Waals surface area contributed by atoms with Crippen LogP contribution >= 0.6 is 0 Å². The van der Waals surface area contributed by atoms with Gasteiger partial charge >= 0.3 is 5.97 Å². The molecule has 5 nitrogen and oxygen atoms in total. The van der Waals surface area contributed by atoms with Crippen LogP contribution in [0.3, 0.4) is 0 Å². The van der Waals surface area contributed by atoms with Crippen molar-refractivity contribution in [2.24, 2.45) is 0 Å². The second kappa shape index (κ2) is 5.14. The summed E-state index contributed by atoms with van der Waals surface area (Å²) in [5.41, 5.74) is 6.90. The number of aromatic nitrogens is 2. The molecule has 19 heavy (non-hydrogen) atoms. The van der Waals surface area contributed by atoms with E-state index in [4.69, 9.17) is 10.5 Å². The number of nitrogen functional groups attached to an aromatic ring is 1. The number of esters is 1. The Bertz CT molecular complexity index is 602. The molecule has 0 saturated carbocycles. The molecule has 100 valence electrons. The Morgan fingerprint density at radius 1 is 1.37 bits per heavy atom. The van der Waals surface area contributed by atoms with E-state index < -0.39 is 5.97 Å². The third-order valence-corrected chi connectivity index (χ3v) is 2.75. The summed E-state index contributed by atoms with van der Waals surface area (Å²) in [5.74, 6) is 0.403. The molecule has 1 aromatic carbocycles. The number of aryl methyl sites for hydroxylation is 1. The van der Waals surface area contributed by atoms with E-state index in [2.05, 4.69) is 5.10 Å². The van der Waals surface area contributed by atoms with Crippen LogP contribution < -0.4 is 10.5 Å². The van der Waals surface area contributed by atoms with E-state index in [9.17, 15) is 4.79 Å². The number of nitrogens with two attached hydrogens (primary N) is 1. The fraction of sp³-hybridized carbons (Fsp3) is 0.286. The SMILES string of the molecule is Cc1ccccc1OC(=O)c1cc(N)nn1C(C)C. The van der Waals surface area contributed by atoms with Gasteiger partial charge in [0.05, 0.1) is 0 Å². The van der Waals surface area contributed by atoms with Crippen LogP contribution in [0.15, 0.2) is 30.3 Å². The van der Waals surface area contributed by atoms with Gasteiger partial charge in [-0.25, -0.2) is 4.79 Å². The Morgan fingerprint density at radius 3 is 2.68 bits per heavy atom. The fourth-order valence-corrected chi connectivity index (χ4v) is 1.78. The highest BCUT2D eigenvalue weighted by Gasteiger charge is 2.18. The summed E-state index contributed by atoms with van der Waals surface area (Å²) >= 11 is 0. The zero-order valence-corrected chi connectivity index (χ0v) is 11.3. The first-order chi connectivity index (χ1) is 8.99.